The van der Waals surface area contributed by atoms with Crippen LogP contribution < -0.4 is 10.1 Å². The molecule has 0 fully saturated rings. The van der Waals surface area contributed by atoms with Gasteiger partial charge < -0.3 is 10.1 Å². The Bertz CT molecular complexity index is 983. The zero-order chi connectivity index (χ0) is 19.6. The van der Waals surface area contributed by atoms with Crippen LogP contribution >= 0.6 is 0 Å². The van der Waals surface area contributed by atoms with E-state index in [4.69, 9.17) is 4.74 Å². The van der Waals surface area contributed by atoms with Crippen LogP contribution in [0.2, 0.25) is 0 Å². The molecule has 1 unspecified atom stereocenters. The molecule has 6 heteroatoms. The third-order valence-corrected chi connectivity index (χ3v) is 4.41. The maximum Gasteiger partial charge on any atom is 0.416 e. The SMILES string of the molecule is COc1ccc(C(=O)NC(C)c2cccc(C(F)(F)F)c2)c2ccccc12. The molecule has 3 aromatic rings. The average molecular weight is 373 g/mol. The summed E-state index contributed by atoms with van der Waals surface area (Å²) in [6.45, 7) is 1.65. The van der Waals surface area contributed by atoms with Gasteiger partial charge in [-0.25, -0.2) is 0 Å². The number of alkyl halides is 3. The number of fused-ring (bicyclic) bond motifs is 1. The van der Waals surface area contributed by atoms with Crippen molar-refractivity contribution in [2.24, 2.45) is 0 Å². The normalized spacial score (nSPS) is 12.6. The number of hydrogen-bond donors (Lipinski definition) is 1. The molecule has 0 saturated carbocycles. The number of nitrogens with one attached hydrogen (secondary N) is 1. The largest absolute Gasteiger partial charge is 0.496 e. The van der Waals surface area contributed by atoms with Crippen molar-refractivity contribution in [1.29, 1.82) is 0 Å². The lowest BCUT2D eigenvalue weighted by molar-refractivity contribution is -0.137. The molecule has 1 atom stereocenters. The zero-order valence-electron chi connectivity index (χ0n) is 14.8. The van der Waals surface area contributed by atoms with Crippen molar-refractivity contribution in [3.8, 4) is 5.75 Å². The summed E-state index contributed by atoms with van der Waals surface area (Å²) in [7, 11) is 1.55. The van der Waals surface area contributed by atoms with E-state index in [0.29, 0.717) is 22.3 Å². The van der Waals surface area contributed by atoms with Crippen LogP contribution in [0, 0.1) is 0 Å². The average Bonchev–Trinajstić information content (AvgIpc) is 2.66. The summed E-state index contributed by atoms with van der Waals surface area (Å²) in [5.41, 5.74) is 0.0808. The number of carbonyl (C=O) groups is 1. The highest BCUT2D eigenvalue weighted by atomic mass is 19.4. The van der Waals surface area contributed by atoms with Crippen molar-refractivity contribution < 1.29 is 22.7 Å². The van der Waals surface area contributed by atoms with Crippen molar-refractivity contribution in [1.82, 2.24) is 5.32 Å². The molecule has 3 aromatic carbocycles. The quantitative estimate of drug-likeness (QED) is 0.669. The summed E-state index contributed by atoms with van der Waals surface area (Å²) in [4.78, 5) is 12.7. The standard InChI is InChI=1S/C21H18F3NO2/c1-13(14-6-5-7-15(12-14)21(22,23)24)25-20(26)18-10-11-19(27-2)17-9-4-3-8-16(17)18/h3-13H,1-2H3,(H,25,26). The highest BCUT2D eigenvalue weighted by molar-refractivity contribution is 6.08. The molecular formula is C21H18F3NO2. The molecule has 0 saturated heterocycles. The van der Waals surface area contributed by atoms with Gasteiger partial charge in [-0.05, 0) is 42.1 Å². The van der Waals surface area contributed by atoms with Gasteiger partial charge in [0.1, 0.15) is 5.75 Å². The Morgan fingerprint density at radius 3 is 2.37 bits per heavy atom. The first kappa shape index (κ1) is 18.8. The lowest BCUT2D eigenvalue weighted by Crippen LogP contribution is -2.27. The molecule has 0 aliphatic rings. The first-order chi connectivity index (χ1) is 12.8. The predicted octanol–water partition coefficient (Wildman–Crippen LogP) is 5.36. The highest BCUT2D eigenvalue weighted by Gasteiger charge is 2.30. The summed E-state index contributed by atoms with van der Waals surface area (Å²) in [6.07, 6.45) is -4.42. The molecule has 1 amide bonds. The number of methoxy groups -OCH3 is 1. The molecular weight excluding hydrogens is 355 g/mol. The van der Waals surface area contributed by atoms with Gasteiger partial charge in [-0.15, -0.1) is 0 Å². The van der Waals surface area contributed by atoms with Crippen LogP contribution in [0.5, 0.6) is 5.75 Å². The molecule has 0 bridgehead atoms. The Balaban J connectivity index is 1.89. The Kier molecular flexibility index (Phi) is 5.08. The van der Waals surface area contributed by atoms with Crippen molar-refractivity contribution >= 4 is 16.7 Å². The highest BCUT2D eigenvalue weighted by Crippen LogP contribution is 2.31. The number of rotatable bonds is 4. The Morgan fingerprint density at radius 1 is 1.00 bits per heavy atom. The van der Waals surface area contributed by atoms with E-state index in [9.17, 15) is 18.0 Å². The Labute approximate surface area is 154 Å². The van der Waals surface area contributed by atoms with Gasteiger partial charge in [0.05, 0.1) is 18.7 Å². The Morgan fingerprint density at radius 2 is 1.70 bits per heavy atom. The van der Waals surface area contributed by atoms with Gasteiger partial charge in [0.15, 0.2) is 0 Å². The molecule has 140 valence electrons. The summed E-state index contributed by atoms with van der Waals surface area (Å²) in [5, 5.41) is 4.28. The van der Waals surface area contributed by atoms with Gasteiger partial charge >= 0.3 is 6.18 Å². The summed E-state index contributed by atoms with van der Waals surface area (Å²) < 4.78 is 44.0. The van der Waals surface area contributed by atoms with Crippen LogP contribution in [0.1, 0.15) is 34.5 Å². The van der Waals surface area contributed by atoms with E-state index in [2.05, 4.69) is 5.32 Å². The fraction of sp³-hybridized carbons (Fsp3) is 0.190. The van der Waals surface area contributed by atoms with E-state index in [1.54, 1.807) is 32.2 Å². The van der Waals surface area contributed by atoms with Gasteiger partial charge in [-0.2, -0.15) is 13.2 Å². The maximum atomic E-state index is 12.9. The fourth-order valence-electron chi connectivity index (χ4n) is 2.99. The van der Waals surface area contributed by atoms with Crippen LogP contribution in [0.4, 0.5) is 13.2 Å². The molecule has 27 heavy (non-hydrogen) atoms. The molecule has 1 N–H and O–H groups in total. The van der Waals surface area contributed by atoms with Gasteiger partial charge in [-0.1, -0.05) is 36.4 Å². The lowest BCUT2D eigenvalue weighted by Gasteiger charge is -2.17. The van der Waals surface area contributed by atoms with Gasteiger partial charge in [0, 0.05) is 10.9 Å². The van der Waals surface area contributed by atoms with Crippen molar-refractivity contribution in [2.45, 2.75) is 19.1 Å². The minimum absolute atomic E-state index is 0.362. The summed E-state index contributed by atoms with van der Waals surface area (Å²) >= 11 is 0. The predicted molar refractivity (Wildman–Crippen MR) is 97.8 cm³/mol. The van der Waals surface area contributed by atoms with Crippen LogP contribution in [-0.2, 0) is 6.18 Å². The van der Waals surface area contributed by atoms with E-state index in [1.165, 1.54) is 6.07 Å². The van der Waals surface area contributed by atoms with E-state index >= 15 is 0 Å². The number of amides is 1. The number of carbonyl (C=O) groups excluding carboxylic acids is 1. The van der Waals surface area contributed by atoms with E-state index in [1.807, 2.05) is 24.3 Å². The molecule has 0 heterocycles. The second-order valence-electron chi connectivity index (χ2n) is 6.18. The second-order valence-corrected chi connectivity index (χ2v) is 6.18. The molecule has 3 rings (SSSR count). The summed E-state index contributed by atoms with van der Waals surface area (Å²) in [6, 6.07) is 15.0. The van der Waals surface area contributed by atoms with Gasteiger partial charge in [0.2, 0.25) is 0 Å². The third kappa shape index (κ3) is 3.89. The number of hydrogen-bond acceptors (Lipinski definition) is 2. The van der Waals surface area contributed by atoms with E-state index in [0.717, 1.165) is 17.5 Å². The lowest BCUT2D eigenvalue weighted by atomic mass is 10.0. The number of benzene rings is 3. The minimum Gasteiger partial charge on any atom is -0.496 e. The first-order valence-electron chi connectivity index (χ1n) is 8.35. The minimum atomic E-state index is -4.42. The van der Waals surface area contributed by atoms with Gasteiger partial charge in [0.25, 0.3) is 5.91 Å². The van der Waals surface area contributed by atoms with E-state index < -0.39 is 17.8 Å². The zero-order valence-corrected chi connectivity index (χ0v) is 14.8. The van der Waals surface area contributed by atoms with Crippen LogP contribution in [0.3, 0.4) is 0 Å². The molecule has 0 radical (unpaired) electrons. The summed E-state index contributed by atoms with van der Waals surface area (Å²) in [5.74, 6) is 0.284. The van der Waals surface area contributed by atoms with E-state index in [-0.39, 0.29) is 5.91 Å². The number of halogens is 3. The first-order valence-corrected chi connectivity index (χ1v) is 8.35. The molecule has 3 nitrogen and oxygen atoms in total. The third-order valence-electron chi connectivity index (χ3n) is 4.41. The monoisotopic (exact) mass is 373 g/mol. The van der Waals surface area contributed by atoms with Crippen LogP contribution in [0.25, 0.3) is 10.8 Å². The molecule has 0 aromatic heterocycles. The molecule has 0 aliphatic carbocycles. The van der Waals surface area contributed by atoms with Crippen molar-refractivity contribution in [3.63, 3.8) is 0 Å². The van der Waals surface area contributed by atoms with Crippen molar-refractivity contribution in [2.75, 3.05) is 7.11 Å². The smallest absolute Gasteiger partial charge is 0.416 e. The maximum absolute atomic E-state index is 12.9. The van der Waals surface area contributed by atoms with Crippen molar-refractivity contribution in [3.05, 3.63) is 77.4 Å². The number of ether oxygens (including phenoxy) is 1. The van der Waals surface area contributed by atoms with Crippen LogP contribution in [-0.4, -0.2) is 13.0 Å². The fourth-order valence-corrected chi connectivity index (χ4v) is 2.99. The topological polar surface area (TPSA) is 38.3 Å². The molecule has 0 aliphatic heterocycles. The van der Waals surface area contributed by atoms with Gasteiger partial charge in [-0.3, -0.25) is 4.79 Å². The second kappa shape index (κ2) is 7.31. The van der Waals surface area contributed by atoms with Crippen LogP contribution in [0.15, 0.2) is 60.7 Å². The Hall–Kier alpha value is -3.02. The molecule has 0 spiro atoms.